The lowest BCUT2D eigenvalue weighted by Crippen LogP contribution is -2.35. The Kier molecular flexibility index (Phi) is 6.95. The fraction of sp³-hybridized carbons (Fsp3) is 0.318. The number of aryl methyl sites for hydroxylation is 1. The van der Waals surface area contributed by atoms with Crippen molar-refractivity contribution in [1.29, 1.82) is 0 Å². The van der Waals surface area contributed by atoms with Gasteiger partial charge in [-0.2, -0.15) is 0 Å². The second kappa shape index (κ2) is 9.45. The summed E-state index contributed by atoms with van der Waals surface area (Å²) in [5, 5.41) is 16.1. The summed E-state index contributed by atoms with van der Waals surface area (Å²) in [5.41, 5.74) is 1.82. The van der Waals surface area contributed by atoms with E-state index < -0.39 is 17.8 Å². The molecule has 0 unspecified atom stereocenters. The number of benzene rings is 1. The number of nitrogens with one attached hydrogen (secondary N) is 2. The van der Waals surface area contributed by atoms with Gasteiger partial charge in [-0.05, 0) is 49.9 Å². The van der Waals surface area contributed by atoms with Crippen LogP contribution in [0.5, 0.6) is 0 Å². The van der Waals surface area contributed by atoms with Crippen LogP contribution in [0.1, 0.15) is 40.6 Å². The van der Waals surface area contributed by atoms with Gasteiger partial charge in [0.1, 0.15) is 5.00 Å². The van der Waals surface area contributed by atoms with E-state index in [1.807, 2.05) is 19.9 Å². The maximum atomic E-state index is 13.1. The number of allylic oxidation sites excluding steroid dienone is 2. The molecule has 6 nitrogen and oxygen atoms in total. The van der Waals surface area contributed by atoms with E-state index in [2.05, 4.69) is 10.6 Å². The normalized spacial score (nSPS) is 18.1. The summed E-state index contributed by atoms with van der Waals surface area (Å²) in [6.07, 6.45) is 4.92. The molecule has 8 heteroatoms. The van der Waals surface area contributed by atoms with Crippen molar-refractivity contribution in [2.24, 2.45) is 11.8 Å². The van der Waals surface area contributed by atoms with Crippen LogP contribution in [0, 0.1) is 18.8 Å². The minimum Gasteiger partial charge on any atom is -0.481 e. The molecule has 0 saturated carbocycles. The first-order valence-corrected chi connectivity index (χ1v) is 10.9. The van der Waals surface area contributed by atoms with Crippen LogP contribution in [0.2, 0.25) is 5.02 Å². The first-order valence-electron chi connectivity index (χ1n) is 9.69. The molecule has 2 aromatic rings. The summed E-state index contributed by atoms with van der Waals surface area (Å²) in [7, 11) is 0. The summed E-state index contributed by atoms with van der Waals surface area (Å²) < 4.78 is 0. The Morgan fingerprint density at radius 2 is 1.87 bits per heavy atom. The number of halogens is 1. The average molecular weight is 447 g/mol. The molecule has 3 N–H and O–H groups in total. The summed E-state index contributed by atoms with van der Waals surface area (Å²) in [5.74, 6) is -3.16. The van der Waals surface area contributed by atoms with E-state index in [0.717, 1.165) is 10.4 Å². The average Bonchev–Trinajstić information content (AvgIpc) is 3.02. The lowest BCUT2D eigenvalue weighted by atomic mass is 9.82. The van der Waals surface area contributed by atoms with Gasteiger partial charge < -0.3 is 15.7 Å². The van der Waals surface area contributed by atoms with Crippen molar-refractivity contribution in [3.05, 3.63) is 57.4 Å². The van der Waals surface area contributed by atoms with Gasteiger partial charge in [0.05, 0.1) is 17.4 Å². The number of hydrogen-bond acceptors (Lipinski definition) is 4. The number of thiophene rings is 1. The fourth-order valence-corrected chi connectivity index (χ4v) is 5.01. The van der Waals surface area contributed by atoms with Crippen LogP contribution in [-0.2, 0) is 16.0 Å². The third-order valence-corrected chi connectivity index (χ3v) is 6.49. The minimum atomic E-state index is -0.991. The molecule has 2 amide bonds. The smallest absolute Gasteiger partial charge is 0.307 e. The second-order valence-electron chi connectivity index (χ2n) is 7.14. The zero-order valence-corrected chi connectivity index (χ0v) is 18.3. The number of carboxylic acids is 1. The van der Waals surface area contributed by atoms with Crippen LogP contribution >= 0.6 is 22.9 Å². The van der Waals surface area contributed by atoms with Crippen LogP contribution in [0.4, 0.5) is 10.7 Å². The Morgan fingerprint density at radius 3 is 2.50 bits per heavy atom. The predicted octanol–water partition coefficient (Wildman–Crippen LogP) is 5.13. The lowest BCUT2D eigenvalue weighted by Gasteiger charge is -2.24. The van der Waals surface area contributed by atoms with E-state index in [9.17, 15) is 19.5 Å². The van der Waals surface area contributed by atoms with E-state index in [-0.39, 0.29) is 11.8 Å². The van der Waals surface area contributed by atoms with Crippen LogP contribution in [0.25, 0.3) is 0 Å². The van der Waals surface area contributed by atoms with Gasteiger partial charge in [-0.1, -0.05) is 36.7 Å². The number of carboxylic acid groups (broad SMARTS) is 1. The Balaban J connectivity index is 1.88. The predicted molar refractivity (Wildman–Crippen MR) is 119 cm³/mol. The maximum Gasteiger partial charge on any atom is 0.307 e. The quantitative estimate of drug-likeness (QED) is 0.536. The topological polar surface area (TPSA) is 95.5 Å². The van der Waals surface area contributed by atoms with E-state index in [0.29, 0.717) is 40.5 Å². The molecule has 0 saturated heterocycles. The summed E-state index contributed by atoms with van der Waals surface area (Å²) in [6.45, 7) is 3.85. The molecule has 2 atom stereocenters. The molecule has 0 bridgehead atoms. The van der Waals surface area contributed by atoms with Gasteiger partial charge >= 0.3 is 5.97 Å². The van der Waals surface area contributed by atoms with Gasteiger partial charge in [0.25, 0.3) is 5.91 Å². The van der Waals surface area contributed by atoms with E-state index in [4.69, 9.17) is 11.6 Å². The molecule has 158 valence electrons. The Labute approximate surface area is 183 Å². The van der Waals surface area contributed by atoms with Gasteiger partial charge in [0.2, 0.25) is 5.91 Å². The van der Waals surface area contributed by atoms with E-state index in [1.165, 1.54) is 11.3 Å². The molecule has 1 aliphatic rings. The minimum absolute atomic E-state index is 0.319. The molecule has 0 spiro atoms. The van der Waals surface area contributed by atoms with Gasteiger partial charge in [-0.25, -0.2) is 0 Å². The summed E-state index contributed by atoms with van der Waals surface area (Å²) >= 11 is 7.33. The lowest BCUT2D eigenvalue weighted by molar-refractivity contribution is -0.146. The molecule has 1 heterocycles. The number of hydrogen-bond donors (Lipinski definition) is 3. The summed E-state index contributed by atoms with van der Waals surface area (Å²) in [6, 6.07) is 6.84. The fourth-order valence-electron chi connectivity index (χ4n) is 3.67. The standard InChI is InChI=1S/C22H23ClN2O4S/c1-3-15-12(2)30-21(18(15)20(27)24-14-8-6-7-13(23)11-14)25-19(26)16-9-4-5-10-17(16)22(28)29/h4-8,11,16-17H,3,9-10H2,1-2H3,(H,24,27)(H,25,26)(H,28,29)/t16-,17-/m1/s1. The van der Waals surface area contributed by atoms with Crippen molar-refractivity contribution in [1.82, 2.24) is 0 Å². The van der Waals surface area contributed by atoms with E-state index in [1.54, 1.807) is 30.3 Å². The zero-order chi connectivity index (χ0) is 21.8. The first-order chi connectivity index (χ1) is 14.3. The van der Waals surface area contributed by atoms with Crippen molar-refractivity contribution in [3.8, 4) is 0 Å². The third kappa shape index (κ3) is 4.74. The SMILES string of the molecule is CCc1c(C)sc(NC(=O)[C@@H]2CC=CC[C@H]2C(=O)O)c1C(=O)Nc1cccc(Cl)c1. The molecule has 0 fully saturated rings. The number of carbonyl (C=O) groups excluding carboxylic acids is 2. The Morgan fingerprint density at radius 1 is 1.17 bits per heavy atom. The monoisotopic (exact) mass is 446 g/mol. The highest BCUT2D eigenvalue weighted by Gasteiger charge is 2.35. The highest BCUT2D eigenvalue weighted by molar-refractivity contribution is 7.16. The Hall–Kier alpha value is -2.64. The molecule has 0 radical (unpaired) electrons. The van der Waals surface area contributed by atoms with Crippen LogP contribution in [0.15, 0.2) is 36.4 Å². The highest BCUT2D eigenvalue weighted by atomic mass is 35.5. The van der Waals surface area contributed by atoms with Crippen LogP contribution in [0.3, 0.4) is 0 Å². The largest absolute Gasteiger partial charge is 0.481 e. The van der Waals surface area contributed by atoms with Crippen molar-refractivity contribution in [3.63, 3.8) is 0 Å². The van der Waals surface area contributed by atoms with E-state index >= 15 is 0 Å². The highest BCUT2D eigenvalue weighted by Crippen LogP contribution is 2.36. The molecule has 30 heavy (non-hydrogen) atoms. The molecule has 1 aromatic heterocycles. The zero-order valence-electron chi connectivity index (χ0n) is 16.7. The van der Waals surface area contributed by atoms with Gasteiger partial charge in [-0.15, -0.1) is 11.3 Å². The third-order valence-electron chi connectivity index (χ3n) is 5.20. The number of carbonyl (C=O) groups is 3. The van der Waals surface area contributed by atoms with Crippen molar-refractivity contribution in [2.45, 2.75) is 33.1 Å². The van der Waals surface area contributed by atoms with Gasteiger partial charge in [0, 0.05) is 15.6 Å². The molecule has 1 aromatic carbocycles. The van der Waals surface area contributed by atoms with Crippen LogP contribution < -0.4 is 10.6 Å². The molecular formula is C22H23ClN2O4S. The second-order valence-corrected chi connectivity index (χ2v) is 8.80. The number of amides is 2. The van der Waals surface area contributed by atoms with Crippen molar-refractivity contribution < 1.29 is 19.5 Å². The van der Waals surface area contributed by atoms with Crippen molar-refractivity contribution in [2.75, 3.05) is 10.6 Å². The first kappa shape index (κ1) is 22.1. The molecule has 0 aliphatic heterocycles. The number of aliphatic carboxylic acids is 1. The Bertz CT molecular complexity index is 1010. The maximum absolute atomic E-state index is 13.1. The van der Waals surface area contributed by atoms with Crippen molar-refractivity contribution >= 4 is 51.4 Å². The molecular weight excluding hydrogens is 424 g/mol. The molecule has 3 rings (SSSR count). The van der Waals surface area contributed by atoms with Crippen LogP contribution in [-0.4, -0.2) is 22.9 Å². The number of anilines is 2. The summed E-state index contributed by atoms with van der Waals surface area (Å²) in [4.78, 5) is 38.5. The van der Waals surface area contributed by atoms with Gasteiger partial charge in [-0.3, -0.25) is 14.4 Å². The van der Waals surface area contributed by atoms with Gasteiger partial charge in [0.15, 0.2) is 0 Å². The number of rotatable bonds is 6. The molecule has 1 aliphatic carbocycles.